The molecule has 7 heteroatoms. The molecular weight excluding hydrogens is 265 g/mol. The minimum absolute atomic E-state index is 0.0600. The molecule has 0 atom stereocenters. The first-order valence-corrected chi connectivity index (χ1v) is 6.62. The molecule has 0 spiro atoms. The number of hydrogen-bond acceptors (Lipinski definition) is 2. The first kappa shape index (κ1) is 13.3. The van der Waals surface area contributed by atoms with Gasteiger partial charge in [-0.25, -0.2) is 8.42 Å². The van der Waals surface area contributed by atoms with Crippen LogP contribution in [-0.4, -0.2) is 8.42 Å². The molecule has 0 saturated carbocycles. The van der Waals surface area contributed by atoms with Crippen LogP contribution in [0.2, 0.25) is 0 Å². The lowest BCUT2D eigenvalue weighted by atomic mass is 10.1. The van der Waals surface area contributed by atoms with Gasteiger partial charge in [0.1, 0.15) is 0 Å². The molecule has 90 valence electrons. The molecule has 0 bridgehead atoms. The zero-order valence-electron chi connectivity index (χ0n) is 8.18. The molecule has 1 aromatic rings. The van der Waals surface area contributed by atoms with Gasteiger partial charge in [0, 0.05) is 10.7 Å². The Morgan fingerprint density at radius 2 is 1.88 bits per heavy atom. The highest BCUT2D eigenvalue weighted by Crippen LogP contribution is 2.37. The summed E-state index contributed by atoms with van der Waals surface area (Å²) >= 11 is 0. The van der Waals surface area contributed by atoms with Crippen molar-refractivity contribution in [3.8, 4) is 0 Å². The van der Waals surface area contributed by atoms with Gasteiger partial charge in [-0.2, -0.15) is 13.2 Å². The third kappa shape index (κ3) is 2.68. The predicted molar refractivity (Wildman–Crippen MR) is 53.9 cm³/mol. The van der Waals surface area contributed by atoms with Gasteiger partial charge in [0.25, 0.3) is 9.05 Å². The smallest absolute Gasteiger partial charge is 0.207 e. The molecule has 1 rings (SSSR count). The first-order chi connectivity index (χ1) is 7.18. The van der Waals surface area contributed by atoms with Gasteiger partial charge in [-0.3, -0.25) is 0 Å². The Morgan fingerprint density at radius 1 is 1.31 bits per heavy atom. The van der Waals surface area contributed by atoms with Crippen molar-refractivity contribution in [2.45, 2.75) is 24.4 Å². The molecule has 0 heterocycles. The predicted octanol–water partition coefficient (Wildman–Crippen LogP) is 3.20. The van der Waals surface area contributed by atoms with Crippen molar-refractivity contribution < 1.29 is 21.6 Å². The quantitative estimate of drug-likeness (QED) is 0.775. The fourth-order valence-corrected chi connectivity index (χ4v) is 2.89. The minimum Gasteiger partial charge on any atom is -0.207 e. The Hall–Kier alpha value is -0.750. The van der Waals surface area contributed by atoms with Crippen LogP contribution in [0.25, 0.3) is 0 Å². The Kier molecular flexibility index (Phi) is 3.54. The van der Waals surface area contributed by atoms with Crippen molar-refractivity contribution in [1.29, 1.82) is 0 Å². The summed E-state index contributed by atoms with van der Waals surface area (Å²) in [7, 11) is 0.619. The molecule has 16 heavy (non-hydrogen) atoms. The van der Waals surface area contributed by atoms with Crippen LogP contribution in [-0.2, 0) is 21.6 Å². The summed E-state index contributed by atoms with van der Waals surface area (Å²) in [6.45, 7) is 1.56. The van der Waals surface area contributed by atoms with Crippen LogP contribution in [0.3, 0.4) is 0 Å². The monoisotopic (exact) mass is 272 g/mol. The van der Waals surface area contributed by atoms with Crippen molar-refractivity contribution >= 4 is 19.7 Å². The van der Waals surface area contributed by atoms with Crippen LogP contribution in [0.5, 0.6) is 0 Å². The van der Waals surface area contributed by atoms with E-state index in [0.717, 1.165) is 6.07 Å². The van der Waals surface area contributed by atoms with Gasteiger partial charge in [-0.05, 0) is 18.1 Å². The average molecular weight is 273 g/mol. The molecule has 0 N–H and O–H groups in total. The van der Waals surface area contributed by atoms with Gasteiger partial charge in [0.2, 0.25) is 0 Å². The Bertz CT molecular complexity index is 494. The molecule has 0 aliphatic heterocycles. The van der Waals surface area contributed by atoms with E-state index < -0.39 is 25.7 Å². The summed E-state index contributed by atoms with van der Waals surface area (Å²) in [6, 6.07) is 3.17. The number of rotatable bonds is 2. The molecule has 0 aromatic heterocycles. The molecule has 0 saturated heterocycles. The normalized spacial score (nSPS) is 12.8. The van der Waals surface area contributed by atoms with Crippen LogP contribution in [0, 0.1) is 0 Å². The fourth-order valence-electron chi connectivity index (χ4n) is 1.37. The Labute approximate surface area is 95.5 Å². The summed E-state index contributed by atoms with van der Waals surface area (Å²) in [4.78, 5) is -0.841. The number of alkyl halides is 3. The van der Waals surface area contributed by atoms with E-state index in [9.17, 15) is 21.6 Å². The van der Waals surface area contributed by atoms with E-state index in [-0.39, 0.29) is 12.0 Å². The minimum atomic E-state index is -4.73. The average Bonchev–Trinajstić information content (AvgIpc) is 2.13. The molecule has 0 unspecified atom stereocenters. The van der Waals surface area contributed by atoms with Crippen molar-refractivity contribution in [2.75, 3.05) is 0 Å². The molecule has 2 nitrogen and oxygen atoms in total. The third-order valence-corrected chi connectivity index (χ3v) is 3.46. The van der Waals surface area contributed by atoms with Crippen LogP contribution >= 0.6 is 10.7 Å². The lowest BCUT2D eigenvalue weighted by molar-refractivity contribution is -0.139. The van der Waals surface area contributed by atoms with Gasteiger partial charge in [-0.15, -0.1) is 0 Å². The van der Waals surface area contributed by atoms with E-state index in [2.05, 4.69) is 0 Å². The molecule has 1 aromatic carbocycles. The Balaban J connectivity index is 3.65. The van der Waals surface area contributed by atoms with Gasteiger partial charge in [0.05, 0.1) is 10.5 Å². The summed E-state index contributed by atoms with van der Waals surface area (Å²) in [5.41, 5.74) is -1.16. The molecule has 0 radical (unpaired) electrons. The summed E-state index contributed by atoms with van der Waals surface area (Å²) in [6.07, 6.45) is -4.58. The van der Waals surface area contributed by atoms with Gasteiger partial charge in [0.15, 0.2) is 0 Å². The number of hydrogen-bond donors (Lipinski definition) is 0. The lowest BCUT2D eigenvalue weighted by Gasteiger charge is -2.13. The van der Waals surface area contributed by atoms with Gasteiger partial charge < -0.3 is 0 Å². The van der Waals surface area contributed by atoms with Gasteiger partial charge in [-0.1, -0.05) is 19.1 Å². The maximum Gasteiger partial charge on any atom is 0.417 e. The summed E-state index contributed by atoms with van der Waals surface area (Å²) < 4.78 is 60.0. The van der Waals surface area contributed by atoms with Crippen LogP contribution < -0.4 is 0 Å². The number of halogens is 4. The zero-order chi connectivity index (χ0) is 12.6. The maximum atomic E-state index is 12.6. The highest BCUT2D eigenvalue weighted by molar-refractivity contribution is 8.13. The zero-order valence-corrected chi connectivity index (χ0v) is 9.75. The van der Waals surface area contributed by atoms with E-state index >= 15 is 0 Å². The molecule has 0 aliphatic rings. The van der Waals surface area contributed by atoms with E-state index in [0.29, 0.717) is 6.07 Å². The van der Waals surface area contributed by atoms with Crippen molar-refractivity contribution in [1.82, 2.24) is 0 Å². The van der Waals surface area contributed by atoms with Crippen molar-refractivity contribution in [3.05, 3.63) is 29.3 Å². The SMILES string of the molecule is CCc1cccc(C(F)(F)F)c1S(=O)(=O)Cl. The second kappa shape index (κ2) is 4.25. The molecule has 0 fully saturated rings. The second-order valence-electron chi connectivity index (χ2n) is 3.08. The summed E-state index contributed by atoms with van der Waals surface area (Å²) in [5, 5.41) is 0. The fraction of sp³-hybridized carbons (Fsp3) is 0.333. The van der Waals surface area contributed by atoms with E-state index in [1.807, 2.05) is 0 Å². The standard InChI is InChI=1S/C9H8ClF3O2S/c1-2-6-4-3-5-7(9(11,12)13)8(6)16(10,14)15/h3-5H,2H2,1H3. The van der Waals surface area contributed by atoms with E-state index in [1.54, 1.807) is 6.92 Å². The van der Waals surface area contributed by atoms with Crippen LogP contribution in [0.15, 0.2) is 23.1 Å². The number of aryl methyl sites for hydroxylation is 1. The van der Waals surface area contributed by atoms with Gasteiger partial charge >= 0.3 is 6.18 Å². The lowest BCUT2D eigenvalue weighted by Crippen LogP contribution is -2.12. The van der Waals surface area contributed by atoms with E-state index in [1.165, 1.54) is 6.07 Å². The topological polar surface area (TPSA) is 34.1 Å². The highest BCUT2D eigenvalue weighted by Gasteiger charge is 2.37. The maximum absolute atomic E-state index is 12.6. The number of benzene rings is 1. The second-order valence-corrected chi connectivity index (χ2v) is 5.59. The largest absolute Gasteiger partial charge is 0.417 e. The molecule has 0 aliphatic carbocycles. The first-order valence-electron chi connectivity index (χ1n) is 4.31. The highest BCUT2D eigenvalue weighted by atomic mass is 35.7. The molecular formula is C9H8ClF3O2S. The third-order valence-electron chi connectivity index (χ3n) is 2.03. The van der Waals surface area contributed by atoms with Crippen LogP contribution in [0.4, 0.5) is 13.2 Å². The van der Waals surface area contributed by atoms with Crippen molar-refractivity contribution in [3.63, 3.8) is 0 Å². The summed E-state index contributed by atoms with van der Waals surface area (Å²) in [5.74, 6) is 0. The van der Waals surface area contributed by atoms with Crippen LogP contribution in [0.1, 0.15) is 18.1 Å². The Morgan fingerprint density at radius 3 is 2.25 bits per heavy atom. The van der Waals surface area contributed by atoms with Crippen molar-refractivity contribution in [2.24, 2.45) is 0 Å². The molecule has 0 amide bonds. The van der Waals surface area contributed by atoms with E-state index in [4.69, 9.17) is 10.7 Å².